The van der Waals surface area contributed by atoms with Gasteiger partial charge in [-0.05, 0) is 19.8 Å². The fourth-order valence-corrected chi connectivity index (χ4v) is 2.59. The molecular formula is C10H16N4O2S. The molecule has 2 rings (SSSR count). The summed E-state index contributed by atoms with van der Waals surface area (Å²) in [5.74, 6) is 0.117. The molecule has 1 fully saturated rings. The van der Waals surface area contributed by atoms with Crippen molar-refractivity contribution < 1.29 is 9.53 Å². The summed E-state index contributed by atoms with van der Waals surface area (Å²) in [5.41, 5.74) is 5.50. The number of hydrogen-bond acceptors (Lipinski definition) is 7. The Morgan fingerprint density at radius 2 is 2.53 bits per heavy atom. The molecule has 0 radical (unpaired) electrons. The molecule has 7 heteroatoms. The molecule has 1 atom stereocenters. The van der Waals surface area contributed by atoms with Gasteiger partial charge in [0.05, 0.1) is 12.5 Å². The van der Waals surface area contributed by atoms with E-state index in [1.807, 2.05) is 6.92 Å². The largest absolute Gasteiger partial charge is 0.466 e. The van der Waals surface area contributed by atoms with Crippen LogP contribution in [0.25, 0.3) is 0 Å². The van der Waals surface area contributed by atoms with E-state index in [-0.39, 0.29) is 11.9 Å². The van der Waals surface area contributed by atoms with Crippen LogP contribution in [0.15, 0.2) is 0 Å². The quantitative estimate of drug-likeness (QED) is 0.809. The second-order valence-corrected chi connectivity index (χ2v) is 4.70. The molecule has 1 aromatic heterocycles. The topological polar surface area (TPSA) is 81.3 Å². The third-order valence-corrected chi connectivity index (χ3v) is 3.53. The summed E-state index contributed by atoms with van der Waals surface area (Å²) in [6.45, 7) is 3.79. The van der Waals surface area contributed by atoms with Crippen LogP contribution in [-0.4, -0.2) is 35.0 Å². The first-order valence-electron chi connectivity index (χ1n) is 5.71. The minimum Gasteiger partial charge on any atom is -0.466 e. The lowest BCUT2D eigenvalue weighted by Gasteiger charge is -2.30. The molecule has 0 bridgehead atoms. The van der Waals surface area contributed by atoms with E-state index < -0.39 is 0 Å². The minimum absolute atomic E-state index is 0.0613. The van der Waals surface area contributed by atoms with Crippen molar-refractivity contribution in [3.63, 3.8) is 0 Å². The van der Waals surface area contributed by atoms with Gasteiger partial charge in [-0.15, -0.1) is 0 Å². The Hall–Kier alpha value is -1.37. The van der Waals surface area contributed by atoms with Crippen LogP contribution in [0.4, 0.5) is 11.1 Å². The standard InChI is InChI=1S/C10H16N4O2S/c1-2-16-8(15)7-4-3-5-14(6-7)10-12-9(11)13-17-10/h7H,2-6H2,1H3,(H2,11,13). The number of rotatable bonds is 3. The molecule has 0 amide bonds. The van der Waals surface area contributed by atoms with Crippen molar-refractivity contribution in [3.05, 3.63) is 0 Å². The van der Waals surface area contributed by atoms with Gasteiger partial charge >= 0.3 is 5.97 Å². The van der Waals surface area contributed by atoms with Crippen molar-refractivity contribution in [1.82, 2.24) is 9.36 Å². The Kier molecular flexibility index (Phi) is 3.78. The summed E-state index contributed by atoms with van der Waals surface area (Å²) in [7, 11) is 0. The van der Waals surface area contributed by atoms with Crippen molar-refractivity contribution in [1.29, 1.82) is 0 Å². The van der Waals surface area contributed by atoms with Crippen LogP contribution in [0.1, 0.15) is 19.8 Å². The van der Waals surface area contributed by atoms with E-state index in [9.17, 15) is 4.79 Å². The van der Waals surface area contributed by atoms with Crippen molar-refractivity contribution in [3.8, 4) is 0 Å². The molecule has 1 aliphatic rings. The second-order valence-electron chi connectivity index (χ2n) is 3.97. The minimum atomic E-state index is -0.116. The highest BCUT2D eigenvalue weighted by atomic mass is 32.1. The molecule has 0 aliphatic carbocycles. The number of nitrogens with two attached hydrogens (primary N) is 1. The van der Waals surface area contributed by atoms with Crippen molar-refractivity contribution in [2.24, 2.45) is 5.92 Å². The first-order chi connectivity index (χ1) is 8.20. The van der Waals surface area contributed by atoms with Crippen LogP contribution in [0.3, 0.4) is 0 Å². The predicted octanol–water partition coefficient (Wildman–Crippen LogP) is 0.900. The molecule has 0 aromatic carbocycles. The number of piperidine rings is 1. The number of esters is 1. The number of ether oxygens (including phenoxy) is 1. The van der Waals surface area contributed by atoms with Crippen LogP contribution in [0, 0.1) is 5.92 Å². The van der Waals surface area contributed by atoms with E-state index in [1.165, 1.54) is 11.5 Å². The van der Waals surface area contributed by atoms with E-state index in [4.69, 9.17) is 10.5 Å². The second kappa shape index (κ2) is 5.31. The van der Waals surface area contributed by atoms with Crippen molar-refractivity contribution >= 4 is 28.6 Å². The Morgan fingerprint density at radius 1 is 1.71 bits per heavy atom. The number of anilines is 2. The molecule has 1 aliphatic heterocycles. The summed E-state index contributed by atoms with van der Waals surface area (Å²) in [4.78, 5) is 17.9. The lowest BCUT2D eigenvalue weighted by atomic mass is 9.99. The van der Waals surface area contributed by atoms with Gasteiger partial charge in [-0.3, -0.25) is 4.79 Å². The van der Waals surface area contributed by atoms with E-state index >= 15 is 0 Å². The third kappa shape index (κ3) is 2.85. The summed E-state index contributed by atoms with van der Waals surface area (Å²) < 4.78 is 9.00. The number of carbonyl (C=O) groups is 1. The summed E-state index contributed by atoms with van der Waals surface area (Å²) in [5, 5.41) is 0.788. The molecule has 1 saturated heterocycles. The Labute approximate surface area is 104 Å². The van der Waals surface area contributed by atoms with Gasteiger partial charge in [0.15, 0.2) is 0 Å². The van der Waals surface area contributed by atoms with Crippen molar-refractivity contribution in [2.75, 3.05) is 30.3 Å². The highest BCUT2D eigenvalue weighted by Crippen LogP contribution is 2.25. The average molecular weight is 256 g/mol. The third-order valence-electron chi connectivity index (χ3n) is 2.74. The van der Waals surface area contributed by atoms with Crippen LogP contribution in [-0.2, 0) is 9.53 Å². The molecule has 0 spiro atoms. The lowest BCUT2D eigenvalue weighted by Crippen LogP contribution is -2.39. The highest BCUT2D eigenvalue weighted by molar-refractivity contribution is 7.09. The maximum absolute atomic E-state index is 11.7. The van der Waals surface area contributed by atoms with Gasteiger partial charge in [0.1, 0.15) is 0 Å². The van der Waals surface area contributed by atoms with Crippen molar-refractivity contribution in [2.45, 2.75) is 19.8 Å². The monoisotopic (exact) mass is 256 g/mol. The number of carbonyl (C=O) groups excluding carboxylic acids is 1. The van der Waals surface area contributed by atoms with Gasteiger partial charge < -0.3 is 15.4 Å². The SMILES string of the molecule is CCOC(=O)C1CCCN(c2nc(N)ns2)C1. The molecule has 0 saturated carbocycles. The summed E-state index contributed by atoms with van der Waals surface area (Å²) in [6, 6.07) is 0. The van der Waals surface area contributed by atoms with Crippen LogP contribution < -0.4 is 10.6 Å². The van der Waals surface area contributed by atoms with Crippen LogP contribution in [0.2, 0.25) is 0 Å². The molecule has 1 unspecified atom stereocenters. The summed E-state index contributed by atoms with van der Waals surface area (Å²) in [6.07, 6.45) is 1.84. The zero-order chi connectivity index (χ0) is 12.3. The molecule has 2 heterocycles. The van der Waals surface area contributed by atoms with Gasteiger partial charge in [0.25, 0.3) is 0 Å². The molecule has 17 heavy (non-hydrogen) atoms. The number of nitrogen functional groups attached to an aromatic ring is 1. The zero-order valence-electron chi connectivity index (χ0n) is 9.76. The van der Waals surface area contributed by atoms with Gasteiger partial charge in [0, 0.05) is 24.6 Å². The smallest absolute Gasteiger partial charge is 0.310 e. The summed E-state index contributed by atoms with van der Waals surface area (Å²) >= 11 is 1.27. The molecule has 6 nitrogen and oxygen atoms in total. The molecule has 1 aromatic rings. The Bertz CT molecular complexity index is 395. The van der Waals surface area contributed by atoms with E-state index in [0.717, 1.165) is 24.5 Å². The molecule has 2 N–H and O–H groups in total. The first-order valence-corrected chi connectivity index (χ1v) is 6.48. The Morgan fingerprint density at radius 3 is 3.18 bits per heavy atom. The lowest BCUT2D eigenvalue weighted by molar-refractivity contribution is -0.148. The normalized spacial score (nSPS) is 20.3. The fourth-order valence-electron chi connectivity index (χ4n) is 1.96. The van der Waals surface area contributed by atoms with E-state index in [2.05, 4.69) is 14.3 Å². The fraction of sp³-hybridized carbons (Fsp3) is 0.700. The van der Waals surface area contributed by atoms with E-state index in [0.29, 0.717) is 19.1 Å². The maximum Gasteiger partial charge on any atom is 0.310 e. The number of hydrogen-bond donors (Lipinski definition) is 1. The molecular weight excluding hydrogens is 240 g/mol. The van der Waals surface area contributed by atoms with Gasteiger partial charge in [-0.25, -0.2) is 0 Å². The average Bonchev–Trinajstić information content (AvgIpc) is 2.76. The Balaban J connectivity index is 1.99. The van der Waals surface area contributed by atoms with Crippen LogP contribution >= 0.6 is 11.5 Å². The number of nitrogens with zero attached hydrogens (tertiary/aromatic N) is 3. The maximum atomic E-state index is 11.7. The van der Waals surface area contributed by atoms with E-state index in [1.54, 1.807) is 0 Å². The van der Waals surface area contributed by atoms with Gasteiger partial charge in [-0.2, -0.15) is 9.36 Å². The predicted molar refractivity (Wildman–Crippen MR) is 65.9 cm³/mol. The van der Waals surface area contributed by atoms with Crippen LogP contribution in [0.5, 0.6) is 0 Å². The zero-order valence-corrected chi connectivity index (χ0v) is 10.6. The highest BCUT2D eigenvalue weighted by Gasteiger charge is 2.28. The first kappa shape index (κ1) is 12.1. The number of aromatic nitrogens is 2. The molecule has 94 valence electrons. The van der Waals surface area contributed by atoms with Gasteiger partial charge in [0.2, 0.25) is 11.1 Å². The van der Waals surface area contributed by atoms with Gasteiger partial charge in [-0.1, -0.05) is 0 Å².